The fourth-order valence-electron chi connectivity index (χ4n) is 0.974. The van der Waals surface area contributed by atoms with Gasteiger partial charge in [-0.2, -0.15) is 4.98 Å². The van der Waals surface area contributed by atoms with E-state index in [4.69, 9.17) is 4.74 Å². The second-order valence-corrected chi connectivity index (χ2v) is 4.52. The SMILES string of the molecule is CC(C)Oc1cc(Br)nc(C(C)C)n1. The third kappa shape index (κ3) is 3.25. The lowest BCUT2D eigenvalue weighted by Crippen LogP contribution is -2.09. The van der Waals surface area contributed by atoms with Gasteiger partial charge < -0.3 is 4.74 Å². The summed E-state index contributed by atoms with van der Waals surface area (Å²) in [4.78, 5) is 8.58. The van der Waals surface area contributed by atoms with Crippen LogP contribution < -0.4 is 4.74 Å². The highest BCUT2D eigenvalue weighted by Crippen LogP contribution is 2.19. The number of aromatic nitrogens is 2. The molecule has 0 saturated heterocycles. The third-order valence-corrected chi connectivity index (χ3v) is 1.97. The second-order valence-electron chi connectivity index (χ2n) is 3.71. The second kappa shape index (κ2) is 4.73. The van der Waals surface area contributed by atoms with E-state index < -0.39 is 0 Å². The smallest absolute Gasteiger partial charge is 0.217 e. The van der Waals surface area contributed by atoms with Crippen LogP contribution in [-0.2, 0) is 0 Å². The van der Waals surface area contributed by atoms with Crippen LogP contribution >= 0.6 is 15.9 Å². The largest absolute Gasteiger partial charge is 0.475 e. The Morgan fingerprint density at radius 2 is 1.86 bits per heavy atom. The molecule has 14 heavy (non-hydrogen) atoms. The highest BCUT2D eigenvalue weighted by molar-refractivity contribution is 9.10. The molecule has 0 N–H and O–H groups in total. The van der Waals surface area contributed by atoms with Crippen LogP contribution in [0.15, 0.2) is 10.7 Å². The average molecular weight is 259 g/mol. The predicted octanol–water partition coefficient (Wildman–Crippen LogP) is 3.15. The normalized spacial score (nSPS) is 11.1. The van der Waals surface area contributed by atoms with E-state index in [0.717, 1.165) is 10.4 Å². The molecule has 0 unspecified atom stereocenters. The van der Waals surface area contributed by atoms with Crippen molar-refractivity contribution >= 4 is 15.9 Å². The van der Waals surface area contributed by atoms with Crippen molar-refractivity contribution in [2.24, 2.45) is 0 Å². The standard InChI is InChI=1S/C10H15BrN2O/c1-6(2)10-12-8(11)5-9(13-10)14-7(3)4/h5-7H,1-4H3. The van der Waals surface area contributed by atoms with Crippen LogP contribution in [-0.4, -0.2) is 16.1 Å². The van der Waals surface area contributed by atoms with Gasteiger partial charge in [0.15, 0.2) is 0 Å². The summed E-state index contributed by atoms with van der Waals surface area (Å²) in [6.45, 7) is 8.07. The Morgan fingerprint density at radius 3 is 2.36 bits per heavy atom. The minimum Gasteiger partial charge on any atom is -0.475 e. The number of hydrogen-bond acceptors (Lipinski definition) is 3. The van der Waals surface area contributed by atoms with Crippen LogP contribution in [0.4, 0.5) is 0 Å². The molecule has 0 aliphatic heterocycles. The van der Waals surface area contributed by atoms with E-state index in [1.807, 2.05) is 13.8 Å². The van der Waals surface area contributed by atoms with Crippen LogP contribution in [0.3, 0.4) is 0 Å². The average Bonchev–Trinajstić information content (AvgIpc) is 2.01. The molecule has 3 nitrogen and oxygen atoms in total. The number of rotatable bonds is 3. The molecule has 1 aromatic rings. The molecule has 0 bridgehead atoms. The Hall–Kier alpha value is -0.640. The molecule has 0 amide bonds. The predicted molar refractivity (Wildman–Crippen MR) is 59.6 cm³/mol. The Bertz CT molecular complexity index is 313. The van der Waals surface area contributed by atoms with E-state index >= 15 is 0 Å². The molecule has 0 aliphatic rings. The summed E-state index contributed by atoms with van der Waals surface area (Å²) in [7, 11) is 0. The first kappa shape index (κ1) is 11.4. The molecule has 4 heteroatoms. The molecule has 0 aromatic carbocycles. The molecule has 0 aliphatic carbocycles. The van der Waals surface area contributed by atoms with Crippen molar-refractivity contribution in [3.05, 3.63) is 16.5 Å². The molecule has 0 radical (unpaired) electrons. The quantitative estimate of drug-likeness (QED) is 0.782. The van der Waals surface area contributed by atoms with E-state index in [9.17, 15) is 0 Å². The number of nitrogens with zero attached hydrogens (tertiary/aromatic N) is 2. The van der Waals surface area contributed by atoms with Crippen molar-refractivity contribution in [1.29, 1.82) is 0 Å². The third-order valence-electron chi connectivity index (χ3n) is 1.56. The minimum atomic E-state index is 0.136. The van der Waals surface area contributed by atoms with Crippen LogP contribution in [0.25, 0.3) is 0 Å². The van der Waals surface area contributed by atoms with Gasteiger partial charge in [0.1, 0.15) is 10.4 Å². The Balaban J connectivity index is 2.95. The van der Waals surface area contributed by atoms with Crippen molar-refractivity contribution < 1.29 is 4.74 Å². The highest BCUT2D eigenvalue weighted by Gasteiger charge is 2.08. The highest BCUT2D eigenvalue weighted by atomic mass is 79.9. The first-order valence-corrected chi connectivity index (χ1v) is 5.49. The van der Waals surface area contributed by atoms with E-state index in [1.165, 1.54) is 0 Å². The number of halogens is 1. The lowest BCUT2D eigenvalue weighted by Gasteiger charge is -2.11. The summed E-state index contributed by atoms with van der Waals surface area (Å²) in [5.74, 6) is 1.74. The molecule has 0 saturated carbocycles. The van der Waals surface area contributed by atoms with Gasteiger partial charge in [0.25, 0.3) is 0 Å². The van der Waals surface area contributed by atoms with Crippen LogP contribution in [0, 0.1) is 0 Å². The molecule has 0 atom stereocenters. The minimum absolute atomic E-state index is 0.136. The molecule has 1 rings (SSSR count). The van der Waals surface area contributed by atoms with Gasteiger partial charge in [0.2, 0.25) is 5.88 Å². The van der Waals surface area contributed by atoms with E-state index in [0.29, 0.717) is 11.8 Å². The number of hydrogen-bond donors (Lipinski definition) is 0. The van der Waals surface area contributed by atoms with Crippen molar-refractivity contribution in [2.75, 3.05) is 0 Å². The molecule has 0 fully saturated rings. The van der Waals surface area contributed by atoms with Crippen LogP contribution in [0.1, 0.15) is 39.4 Å². The van der Waals surface area contributed by atoms with Gasteiger partial charge in [-0.05, 0) is 29.8 Å². The summed E-state index contributed by atoms with van der Waals surface area (Å²) in [5, 5.41) is 0. The number of ether oxygens (including phenoxy) is 1. The summed E-state index contributed by atoms with van der Waals surface area (Å²) in [6.07, 6.45) is 0.136. The Morgan fingerprint density at radius 1 is 1.21 bits per heavy atom. The Labute approximate surface area is 93.0 Å². The molecule has 0 spiro atoms. The van der Waals surface area contributed by atoms with Crippen LogP contribution in [0.5, 0.6) is 5.88 Å². The van der Waals surface area contributed by atoms with Gasteiger partial charge in [-0.3, -0.25) is 0 Å². The van der Waals surface area contributed by atoms with Crippen molar-refractivity contribution in [3.63, 3.8) is 0 Å². The maximum absolute atomic E-state index is 5.50. The Kier molecular flexibility index (Phi) is 3.86. The summed E-state index contributed by atoms with van der Waals surface area (Å²) >= 11 is 3.34. The van der Waals surface area contributed by atoms with Gasteiger partial charge >= 0.3 is 0 Å². The monoisotopic (exact) mass is 258 g/mol. The first-order chi connectivity index (χ1) is 6.49. The van der Waals surface area contributed by atoms with Gasteiger partial charge in [-0.25, -0.2) is 4.98 Å². The van der Waals surface area contributed by atoms with Crippen molar-refractivity contribution in [2.45, 2.75) is 39.7 Å². The van der Waals surface area contributed by atoms with Gasteiger partial charge in [-0.15, -0.1) is 0 Å². The lowest BCUT2D eigenvalue weighted by molar-refractivity contribution is 0.231. The van der Waals surface area contributed by atoms with E-state index in [-0.39, 0.29) is 6.10 Å². The van der Waals surface area contributed by atoms with Gasteiger partial charge in [0, 0.05) is 12.0 Å². The van der Waals surface area contributed by atoms with Crippen LogP contribution in [0.2, 0.25) is 0 Å². The zero-order chi connectivity index (χ0) is 10.7. The lowest BCUT2D eigenvalue weighted by atomic mass is 10.2. The van der Waals surface area contributed by atoms with Crippen molar-refractivity contribution in [1.82, 2.24) is 9.97 Å². The zero-order valence-corrected chi connectivity index (χ0v) is 10.5. The summed E-state index contributed by atoms with van der Waals surface area (Å²) in [5.41, 5.74) is 0. The van der Waals surface area contributed by atoms with Gasteiger partial charge in [-0.1, -0.05) is 13.8 Å². The summed E-state index contributed by atoms with van der Waals surface area (Å²) < 4.78 is 6.27. The molecule has 1 aromatic heterocycles. The molecular weight excluding hydrogens is 244 g/mol. The summed E-state index contributed by atoms with van der Waals surface area (Å²) in [6, 6.07) is 1.78. The molecule has 78 valence electrons. The zero-order valence-electron chi connectivity index (χ0n) is 8.91. The topological polar surface area (TPSA) is 35.0 Å². The van der Waals surface area contributed by atoms with Crippen molar-refractivity contribution in [3.8, 4) is 5.88 Å². The maximum Gasteiger partial charge on any atom is 0.217 e. The first-order valence-electron chi connectivity index (χ1n) is 4.70. The maximum atomic E-state index is 5.50. The fourth-order valence-corrected chi connectivity index (χ4v) is 1.35. The molecule has 1 heterocycles. The van der Waals surface area contributed by atoms with E-state index in [1.54, 1.807) is 6.07 Å². The molecular formula is C10H15BrN2O. The van der Waals surface area contributed by atoms with E-state index in [2.05, 4.69) is 39.7 Å². The fraction of sp³-hybridized carbons (Fsp3) is 0.600. The van der Waals surface area contributed by atoms with Gasteiger partial charge in [0.05, 0.1) is 6.10 Å².